The Morgan fingerprint density at radius 3 is 2.50 bits per heavy atom. The molecule has 0 saturated heterocycles. The van der Waals surface area contributed by atoms with Gasteiger partial charge in [-0.25, -0.2) is 0 Å². The minimum Gasteiger partial charge on any atom is -0.389 e. The zero-order valence-corrected chi connectivity index (χ0v) is 10.7. The van der Waals surface area contributed by atoms with Crippen molar-refractivity contribution in [3.8, 4) is 0 Å². The quantitative estimate of drug-likeness (QED) is 0.701. The van der Waals surface area contributed by atoms with Crippen LogP contribution in [0, 0.1) is 5.92 Å². The molecule has 96 valence electrons. The highest BCUT2D eigenvalue weighted by molar-refractivity contribution is 4.73. The Bertz CT molecular complexity index is 167. The molecule has 0 aromatic heterocycles. The molecule has 1 saturated carbocycles. The summed E-state index contributed by atoms with van der Waals surface area (Å²) in [4.78, 5) is 0. The molecular formula is C13H27NO2. The van der Waals surface area contributed by atoms with E-state index in [1.54, 1.807) is 0 Å². The van der Waals surface area contributed by atoms with E-state index >= 15 is 0 Å². The van der Waals surface area contributed by atoms with Gasteiger partial charge in [0.1, 0.15) is 0 Å². The second-order valence-corrected chi connectivity index (χ2v) is 5.33. The molecule has 16 heavy (non-hydrogen) atoms. The van der Waals surface area contributed by atoms with Crippen LogP contribution < -0.4 is 5.32 Å². The van der Waals surface area contributed by atoms with E-state index in [0.29, 0.717) is 25.1 Å². The molecule has 1 rings (SSSR count). The van der Waals surface area contributed by atoms with Crippen molar-refractivity contribution >= 4 is 0 Å². The molecule has 1 fully saturated rings. The van der Waals surface area contributed by atoms with E-state index in [4.69, 9.17) is 4.74 Å². The summed E-state index contributed by atoms with van der Waals surface area (Å²) in [5, 5.41) is 13.1. The van der Waals surface area contributed by atoms with Crippen LogP contribution in [-0.4, -0.2) is 37.0 Å². The van der Waals surface area contributed by atoms with Crippen LogP contribution in [0.15, 0.2) is 0 Å². The summed E-state index contributed by atoms with van der Waals surface area (Å²) < 4.78 is 5.41. The third-order valence-electron chi connectivity index (χ3n) is 3.01. The van der Waals surface area contributed by atoms with Crippen molar-refractivity contribution in [2.45, 2.75) is 58.1 Å². The zero-order chi connectivity index (χ0) is 11.8. The number of nitrogens with one attached hydrogen (secondary N) is 1. The molecule has 0 aromatic carbocycles. The third kappa shape index (κ3) is 6.46. The Labute approximate surface area is 99.6 Å². The van der Waals surface area contributed by atoms with E-state index in [1.807, 2.05) is 0 Å². The highest BCUT2D eigenvalue weighted by atomic mass is 16.5. The van der Waals surface area contributed by atoms with Crippen LogP contribution in [0.1, 0.15) is 46.0 Å². The first-order chi connectivity index (χ1) is 7.68. The largest absolute Gasteiger partial charge is 0.389 e. The highest BCUT2D eigenvalue weighted by Gasteiger charge is 2.14. The molecule has 1 aliphatic rings. The van der Waals surface area contributed by atoms with Crippen LogP contribution in [0.2, 0.25) is 0 Å². The first-order valence-electron chi connectivity index (χ1n) is 6.67. The number of hydrogen-bond donors (Lipinski definition) is 2. The van der Waals surface area contributed by atoms with Gasteiger partial charge in [-0.15, -0.1) is 0 Å². The molecule has 0 aliphatic heterocycles. The van der Waals surface area contributed by atoms with E-state index in [-0.39, 0.29) is 6.10 Å². The maximum absolute atomic E-state index is 9.71. The maximum Gasteiger partial charge on any atom is 0.0897 e. The summed E-state index contributed by atoms with van der Waals surface area (Å²) >= 11 is 0. The SMILES string of the molecule is CC(C)COCC(O)CNC1CCCCC1. The fraction of sp³-hybridized carbons (Fsp3) is 1.00. The molecule has 0 heterocycles. The lowest BCUT2D eigenvalue weighted by Gasteiger charge is -2.24. The first-order valence-corrected chi connectivity index (χ1v) is 6.67. The summed E-state index contributed by atoms with van der Waals surface area (Å²) in [6.07, 6.45) is 6.20. The number of aliphatic hydroxyl groups is 1. The molecule has 0 amide bonds. The maximum atomic E-state index is 9.71. The predicted molar refractivity (Wildman–Crippen MR) is 66.5 cm³/mol. The fourth-order valence-electron chi connectivity index (χ4n) is 2.11. The summed E-state index contributed by atoms with van der Waals surface area (Å²) in [5.41, 5.74) is 0. The van der Waals surface area contributed by atoms with E-state index in [9.17, 15) is 5.11 Å². The van der Waals surface area contributed by atoms with Crippen LogP contribution >= 0.6 is 0 Å². The van der Waals surface area contributed by atoms with E-state index in [2.05, 4.69) is 19.2 Å². The van der Waals surface area contributed by atoms with Crippen molar-refractivity contribution in [2.24, 2.45) is 5.92 Å². The van der Waals surface area contributed by atoms with Gasteiger partial charge in [0.15, 0.2) is 0 Å². The average Bonchev–Trinajstić information content (AvgIpc) is 2.27. The standard InChI is InChI=1S/C13H27NO2/c1-11(2)9-16-10-13(15)8-14-12-6-4-3-5-7-12/h11-15H,3-10H2,1-2H3. The van der Waals surface area contributed by atoms with Crippen molar-refractivity contribution in [1.29, 1.82) is 0 Å². The Kier molecular flexibility index (Phi) is 7.01. The monoisotopic (exact) mass is 229 g/mol. The first kappa shape index (κ1) is 13.9. The van der Waals surface area contributed by atoms with Crippen molar-refractivity contribution in [3.05, 3.63) is 0 Å². The number of ether oxygens (including phenoxy) is 1. The summed E-state index contributed by atoms with van der Waals surface area (Å²) in [6.45, 7) is 6.10. The molecule has 2 N–H and O–H groups in total. The lowest BCUT2D eigenvalue weighted by Crippen LogP contribution is -2.38. The predicted octanol–water partition coefficient (Wildman–Crippen LogP) is 1.94. The Morgan fingerprint density at radius 2 is 1.88 bits per heavy atom. The molecule has 0 bridgehead atoms. The second kappa shape index (κ2) is 8.04. The van der Waals surface area contributed by atoms with Crippen LogP contribution in [0.3, 0.4) is 0 Å². The van der Waals surface area contributed by atoms with E-state index in [1.165, 1.54) is 32.1 Å². The second-order valence-electron chi connectivity index (χ2n) is 5.33. The molecule has 0 spiro atoms. The minimum absolute atomic E-state index is 0.360. The smallest absolute Gasteiger partial charge is 0.0897 e. The molecule has 3 heteroatoms. The lowest BCUT2D eigenvalue weighted by molar-refractivity contribution is 0.0244. The van der Waals surface area contributed by atoms with Crippen LogP contribution in [0.5, 0.6) is 0 Å². The zero-order valence-electron chi connectivity index (χ0n) is 10.7. The number of hydrogen-bond acceptors (Lipinski definition) is 3. The van der Waals surface area contributed by atoms with Crippen LogP contribution in [-0.2, 0) is 4.74 Å². The van der Waals surface area contributed by atoms with Gasteiger partial charge in [0, 0.05) is 19.2 Å². The number of aliphatic hydroxyl groups excluding tert-OH is 1. The van der Waals surface area contributed by atoms with Gasteiger partial charge in [-0.3, -0.25) is 0 Å². The van der Waals surface area contributed by atoms with Gasteiger partial charge in [-0.1, -0.05) is 33.1 Å². The van der Waals surface area contributed by atoms with Crippen molar-refractivity contribution in [1.82, 2.24) is 5.32 Å². The van der Waals surface area contributed by atoms with Gasteiger partial charge >= 0.3 is 0 Å². The van der Waals surface area contributed by atoms with E-state index < -0.39 is 0 Å². The molecule has 1 unspecified atom stereocenters. The summed E-state index contributed by atoms with van der Waals surface area (Å²) in [7, 11) is 0. The topological polar surface area (TPSA) is 41.5 Å². The van der Waals surface area contributed by atoms with Crippen molar-refractivity contribution in [3.63, 3.8) is 0 Å². The van der Waals surface area contributed by atoms with Gasteiger partial charge in [-0.05, 0) is 18.8 Å². The Hall–Kier alpha value is -0.120. The van der Waals surface area contributed by atoms with Gasteiger partial charge in [0.25, 0.3) is 0 Å². The normalized spacial score (nSPS) is 20.2. The Balaban J connectivity index is 1.98. The summed E-state index contributed by atoms with van der Waals surface area (Å²) in [5.74, 6) is 0.540. The molecule has 3 nitrogen and oxygen atoms in total. The Morgan fingerprint density at radius 1 is 1.19 bits per heavy atom. The lowest BCUT2D eigenvalue weighted by atomic mass is 9.95. The molecule has 1 aliphatic carbocycles. The molecule has 0 aromatic rings. The average molecular weight is 229 g/mol. The van der Waals surface area contributed by atoms with Crippen LogP contribution in [0.4, 0.5) is 0 Å². The fourth-order valence-corrected chi connectivity index (χ4v) is 2.11. The van der Waals surface area contributed by atoms with Gasteiger partial charge in [0.2, 0.25) is 0 Å². The number of rotatable bonds is 7. The molecule has 1 atom stereocenters. The minimum atomic E-state index is -0.360. The van der Waals surface area contributed by atoms with Gasteiger partial charge < -0.3 is 15.2 Å². The molecule has 0 radical (unpaired) electrons. The molecular weight excluding hydrogens is 202 g/mol. The van der Waals surface area contributed by atoms with Crippen molar-refractivity contribution < 1.29 is 9.84 Å². The summed E-state index contributed by atoms with van der Waals surface area (Å²) in [6, 6.07) is 0.619. The van der Waals surface area contributed by atoms with Crippen molar-refractivity contribution in [2.75, 3.05) is 19.8 Å². The van der Waals surface area contributed by atoms with Gasteiger partial charge in [-0.2, -0.15) is 0 Å². The third-order valence-corrected chi connectivity index (χ3v) is 3.01. The highest BCUT2D eigenvalue weighted by Crippen LogP contribution is 2.17. The van der Waals surface area contributed by atoms with Crippen LogP contribution in [0.25, 0.3) is 0 Å². The van der Waals surface area contributed by atoms with Gasteiger partial charge in [0.05, 0.1) is 12.7 Å². The van der Waals surface area contributed by atoms with E-state index in [0.717, 1.165) is 6.61 Å².